The van der Waals surface area contributed by atoms with Crippen molar-refractivity contribution in [2.75, 3.05) is 19.7 Å². The zero-order chi connectivity index (χ0) is 12.6. The summed E-state index contributed by atoms with van der Waals surface area (Å²) < 4.78 is 30.1. The maximum absolute atomic E-state index is 11.6. The average molecular weight is 305 g/mol. The first-order valence-corrected chi connectivity index (χ1v) is 9.18. The second kappa shape index (κ2) is 10.9. The van der Waals surface area contributed by atoms with Crippen LogP contribution in [0.25, 0.3) is 0 Å². The molecule has 18 heavy (non-hydrogen) atoms. The molecule has 0 aromatic rings. The molecule has 0 spiro atoms. The third kappa shape index (κ3) is 9.18. The van der Waals surface area contributed by atoms with Gasteiger partial charge in [0.1, 0.15) is 0 Å². The van der Waals surface area contributed by atoms with Gasteiger partial charge in [-0.05, 0) is 19.3 Å². The number of piperidine rings is 1. The van der Waals surface area contributed by atoms with Gasteiger partial charge in [-0.2, -0.15) is 8.42 Å². The van der Waals surface area contributed by atoms with Gasteiger partial charge < -0.3 is 0 Å². The molecule has 0 aliphatic carbocycles. The quantitative estimate of drug-likeness (QED) is 0.298. The van der Waals surface area contributed by atoms with Gasteiger partial charge in [-0.25, -0.2) is 4.31 Å². The zero-order valence-electron chi connectivity index (χ0n) is 10.6. The van der Waals surface area contributed by atoms with E-state index in [1.165, 1.54) is 6.42 Å². The average Bonchev–Trinajstić information content (AvgIpc) is 2.29. The second-order valence-electron chi connectivity index (χ2n) is 4.36. The molecule has 4 nitrogen and oxygen atoms in total. The number of unbranched alkanes of at least 4 members (excludes halogenated alkanes) is 3. The van der Waals surface area contributed by atoms with E-state index in [1.807, 2.05) is 4.31 Å². The molecule has 1 heterocycles. The molecule has 1 aliphatic heterocycles. The predicted molar refractivity (Wildman–Crippen MR) is 79.2 cm³/mol. The molecule has 0 unspecified atom stereocenters. The van der Waals surface area contributed by atoms with E-state index in [0.717, 1.165) is 62.6 Å². The Morgan fingerprint density at radius 2 is 1.78 bits per heavy atom. The van der Waals surface area contributed by atoms with Crippen LogP contribution < -0.4 is 0 Å². The van der Waals surface area contributed by atoms with Gasteiger partial charge in [-0.1, -0.05) is 32.6 Å². The van der Waals surface area contributed by atoms with Gasteiger partial charge in [0.05, 0.1) is 17.6 Å². The van der Waals surface area contributed by atoms with Gasteiger partial charge in [0.15, 0.2) is 0 Å². The van der Waals surface area contributed by atoms with Gasteiger partial charge in [0.2, 0.25) is 0 Å². The first-order valence-electron chi connectivity index (χ1n) is 6.48. The molecule has 0 aromatic heterocycles. The Bertz CT molecular complexity index is 293. The van der Waals surface area contributed by atoms with Crippen LogP contribution in [0.5, 0.6) is 0 Å². The molecule has 1 aliphatic rings. The van der Waals surface area contributed by atoms with Crippen molar-refractivity contribution in [3.63, 3.8) is 0 Å². The van der Waals surface area contributed by atoms with E-state index in [2.05, 4.69) is 6.92 Å². The summed E-state index contributed by atoms with van der Waals surface area (Å²) in [5.41, 5.74) is 0. The molecule has 7 heteroatoms. The molecule has 1 saturated heterocycles. The van der Waals surface area contributed by atoms with E-state index < -0.39 is 9.15 Å². The van der Waals surface area contributed by atoms with Crippen molar-refractivity contribution in [2.45, 2.75) is 51.9 Å². The fraction of sp³-hybridized carbons (Fsp3) is 1.00. The van der Waals surface area contributed by atoms with Crippen LogP contribution in [-0.2, 0) is 13.3 Å². The Labute approximate surface area is 137 Å². The van der Waals surface area contributed by atoms with Crippen LogP contribution in [0, 0.1) is 0 Å². The van der Waals surface area contributed by atoms with Gasteiger partial charge in [-0.3, -0.25) is 4.18 Å². The topological polar surface area (TPSA) is 46.6 Å². The molecule has 1 rings (SSSR count). The first kappa shape index (κ1) is 19.2. The predicted octanol–water partition coefficient (Wildman–Crippen LogP) is 2.31. The molecule has 1 fully saturated rings. The molecule has 0 radical (unpaired) electrons. The van der Waals surface area contributed by atoms with E-state index in [1.54, 1.807) is 0 Å². The third-order valence-corrected chi connectivity index (χ3v) is 5.42. The van der Waals surface area contributed by atoms with E-state index in [0.29, 0.717) is 6.61 Å². The normalized spacial score (nSPS) is 17.4. The van der Waals surface area contributed by atoms with E-state index in [4.69, 9.17) is 4.18 Å². The number of rotatable bonds is 8. The molecule has 104 valence electrons. The minimum atomic E-state index is -3.43. The van der Waals surface area contributed by atoms with Crippen molar-refractivity contribution in [1.82, 2.24) is 4.31 Å². The molecule has 0 N–H and O–H groups in total. The first-order chi connectivity index (χ1) is 8.14. The van der Waals surface area contributed by atoms with Crippen LogP contribution in [0.1, 0.15) is 51.9 Å². The van der Waals surface area contributed by atoms with Crippen molar-refractivity contribution in [2.24, 2.45) is 0 Å². The Hall–Kier alpha value is 1.22. The van der Waals surface area contributed by atoms with Gasteiger partial charge in [0, 0.05) is 13.1 Å². The summed E-state index contributed by atoms with van der Waals surface area (Å²) in [5.74, 6) is 0. The summed E-state index contributed by atoms with van der Waals surface area (Å²) in [6.07, 6.45) is 7.53. The fourth-order valence-electron chi connectivity index (χ4n) is 1.78. The number of nitrogens with zero attached hydrogens (tertiary/aromatic N) is 1. The Morgan fingerprint density at radius 1 is 1.11 bits per heavy atom. The van der Waals surface area contributed by atoms with Crippen molar-refractivity contribution in [3.8, 4) is 0 Å². The summed E-state index contributed by atoms with van der Waals surface area (Å²) in [6.45, 7) is 4.15. The van der Waals surface area contributed by atoms with Gasteiger partial charge in [-0.15, -0.1) is 0 Å². The molecule has 0 atom stereocenters. The van der Waals surface area contributed by atoms with Crippen LogP contribution in [0.2, 0.25) is 0 Å². The summed E-state index contributed by atoms with van der Waals surface area (Å²) >= 11 is 0. The monoisotopic (exact) mass is 305 g/mol. The fourth-order valence-corrected chi connectivity index (χ4v) is 4.37. The molecule has 0 saturated carbocycles. The zero-order valence-corrected chi connectivity index (χ0v) is 12.2. The summed E-state index contributed by atoms with van der Waals surface area (Å²) in [5, 5.41) is 0. The maximum atomic E-state index is 11.6. The minimum absolute atomic E-state index is 0. The Kier molecular flexibility index (Phi) is 11.7. The number of hydrogen-bond acceptors (Lipinski definition) is 5. The van der Waals surface area contributed by atoms with Crippen LogP contribution >= 0.6 is 11.0 Å². The van der Waals surface area contributed by atoms with Crippen LogP contribution in [0.4, 0.5) is 0 Å². The second-order valence-corrected chi connectivity index (χ2v) is 7.74. The molecular weight excluding hydrogens is 281 g/mol. The van der Waals surface area contributed by atoms with E-state index in [-0.39, 0.29) is 29.6 Å². The number of hydrogen-bond donors (Lipinski definition) is 0. The van der Waals surface area contributed by atoms with Crippen molar-refractivity contribution in [3.05, 3.63) is 0 Å². The standard InChI is InChI=1S/C11H23NO3S2.Na.H/c1-2-3-4-8-11-15-17(13,14)16-12-9-6-5-7-10-12;;/h2-11H2,1H3;;. The Morgan fingerprint density at radius 3 is 2.39 bits per heavy atom. The van der Waals surface area contributed by atoms with E-state index >= 15 is 0 Å². The molecule has 0 amide bonds. The van der Waals surface area contributed by atoms with Crippen molar-refractivity contribution in [1.29, 1.82) is 0 Å². The molecule has 0 bridgehead atoms. The summed E-state index contributed by atoms with van der Waals surface area (Å²) in [4.78, 5) is 0. The SMILES string of the molecule is CCCCCCOS(=O)(=O)SN1CCCCC1.[NaH]. The summed E-state index contributed by atoms with van der Waals surface area (Å²) in [7, 11) is -2.56. The van der Waals surface area contributed by atoms with Crippen LogP contribution in [0.3, 0.4) is 0 Å². The van der Waals surface area contributed by atoms with Crippen LogP contribution in [0.15, 0.2) is 0 Å². The van der Waals surface area contributed by atoms with Crippen LogP contribution in [-0.4, -0.2) is 62.0 Å². The molecule has 0 aromatic carbocycles. The van der Waals surface area contributed by atoms with Gasteiger partial charge in [0.25, 0.3) is 0 Å². The van der Waals surface area contributed by atoms with Crippen molar-refractivity contribution >= 4 is 49.7 Å². The summed E-state index contributed by atoms with van der Waals surface area (Å²) in [6, 6.07) is 0. The van der Waals surface area contributed by atoms with Crippen molar-refractivity contribution < 1.29 is 12.6 Å². The third-order valence-electron chi connectivity index (χ3n) is 2.74. The molecular formula is C11H24NNaO3S2. The van der Waals surface area contributed by atoms with Gasteiger partial charge >= 0.3 is 38.7 Å². The van der Waals surface area contributed by atoms with E-state index in [9.17, 15) is 8.42 Å². The Balaban J connectivity index is 0.00000289.